The van der Waals surface area contributed by atoms with Crippen LogP contribution in [0.2, 0.25) is 0 Å². The van der Waals surface area contributed by atoms with E-state index in [-0.39, 0.29) is 5.75 Å². The molecule has 8 nitrogen and oxygen atoms in total. The SMILES string of the molecule is CCc1ccccc1N1CCS/C1=N\C(=O)N/C=C/c1ccc(-c2ncn(-c3ccc(OC(F)(F)F)cc3)n2)cc1. The van der Waals surface area contributed by atoms with Crippen molar-refractivity contribution in [3.8, 4) is 22.8 Å². The maximum Gasteiger partial charge on any atom is 0.573 e. The lowest BCUT2D eigenvalue weighted by Gasteiger charge is -2.20. The summed E-state index contributed by atoms with van der Waals surface area (Å²) in [6, 6.07) is 20.4. The van der Waals surface area contributed by atoms with Gasteiger partial charge < -0.3 is 15.0 Å². The van der Waals surface area contributed by atoms with Gasteiger partial charge >= 0.3 is 12.4 Å². The molecule has 4 aromatic rings. The molecule has 3 aromatic carbocycles. The minimum atomic E-state index is -4.75. The van der Waals surface area contributed by atoms with E-state index >= 15 is 0 Å². The number of urea groups is 1. The van der Waals surface area contributed by atoms with Gasteiger partial charge in [0.05, 0.1) is 5.69 Å². The first-order valence-electron chi connectivity index (χ1n) is 12.7. The molecular formula is C29H25F3N6O2S. The first-order chi connectivity index (χ1) is 19.8. The first-order valence-corrected chi connectivity index (χ1v) is 13.7. The normalized spacial score (nSPS) is 14.6. The molecule has 5 rings (SSSR count). The van der Waals surface area contributed by atoms with Crippen LogP contribution in [0.3, 0.4) is 0 Å². The molecule has 12 heteroatoms. The molecule has 1 saturated heterocycles. The number of amides is 2. The molecule has 0 unspecified atom stereocenters. The smallest absolute Gasteiger partial charge is 0.406 e. The van der Waals surface area contributed by atoms with Gasteiger partial charge in [0.2, 0.25) is 0 Å². The zero-order valence-corrected chi connectivity index (χ0v) is 22.7. The molecule has 1 aliphatic rings. The fraction of sp³-hybridized carbons (Fsp3) is 0.172. The maximum atomic E-state index is 12.5. The van der Waals surface area contributed by atoms with E-state index in [0.717, 1.165) is 35.5 Å². The summed E-state index contributed by atoms with van der Waals surface area (Å²) in [4.78, 5) is 23.1. The van der Waals surface area contributed by atoms with Crippen LogP contribution < -0.4 is 15.0 Å². The Labute approximate surface area is 238 Å². The number of amidine groups is 1. The van der Waals surface area contributed by atoms with Gasteiger partial charge in [-0.25, -0.2) is 14.5 Å². The lowest BCUT2D eigenvalue weighted by atomic mass is 10.1. The number of carbonyl (C=O) groups is 1. The first kappa shape index (κ1) is 28.0. The van der Waals surface area contributed by atoms with Crippen molar-refractivity contribution < 1.29 is 22.7 Å². The topological polar surface area (TPSA) is 84.6 Å². The summed E-state index contributed by atoms with van der Waals surface area (Å²) < 4.78 is 42.5. The molecule has 1 fully saturated rings. The van der Waals surface area contributed by atoms with E-state index in [0.29, 0.717) is 16.7 Å². The molecule has 41 heavy (non-hydrogen) atoms. The van der Waals surface area contributed by atoms with Gasteiger partial charge in [-0.3, -0.25) is 0 Å². The maximum absolute atomic E-state index is 12.5. The minimum Gasteiger partial charge on any atom is -0.406 e. The Hall–Kier alpha value is -4.58. The van der Waals surface area contributed by atoms with Crippen LogP contribution in [-0.2, 0) is 6.42 Å². The van der Waals surface area contributed by atoms with Gasteiger partial charge in [-0.05, 0) is 54.0 Å². The van der Waals surface area contributed by atoms with Gasteiger partial charge in [-0.1, -0.05) is 61.2 Å². The van der Waals surface area contributed by atoms with E-state index in [9.17, 15) is 18.0 Å². The third-order valence-corrected chi connectivity index (χ3v) is 7.07. The van der Waals surface area contributed by atoms with Crippen molar-refractivity contribution in [3.63, 3.8) is 0 Å². The lowest BCUT2D eigenvalue weighted by molar-refractivity contribution is -0.274. The van der Waals surface area contributed by atoms with Crippen LogP contribution in [0.5, 0.6) is 5.75 Å². The monoisotopic (exact) mass is 578 g/mol. The molecule has 0 bridgehead atoms. The van der Waals surface area contributed by atoms with Crippen molar-refractivity contribution in [2.45, 2.75) is 19.7 Å². The number of aliphatic imine (C=N–C) groups is 1. The number of benzene rings is 3. The fourth-order valence-electron chi connectivity index (χ4n) is 4.18. The number of carbonyl (C=O) groups excluding carboxylic acids is 1. The second-order valence-electron chi connectivity index (χ2n) is 8.84. The molecule has 0 radical (unpaired) electrons. The second kappa shape index (κ2) is 12.3. The van der Waals surface area contributed by atoms with E-state index < -0.39 is 12.4 Å². The number of alkyl halides is 3. The fourth-order valence-corrected chi connectivity index (χ4v) is 5.13. The predicted molar refractivity (Wildman–Crippen MR) is 154 cm³/mol. The van der Waals surface area contributed by atoms with Crippen molar-refractivity contribution >= 4 is 34.7 Å². The van der Waals surface area contributed by atoms with Gasteiger partial charge in [-0.15, -0.1) is 18.3 Å². The number of ether oxygens (including phenoxy) is 1. The molecule has 210 valence electrons. The van der Waals surface area contributed by atoms with E-state index in [2.05, 4.69) is 49.1 Å². The zero-order valence-electron chi connectivity index (χ0n) is 21.9. The molecular weight excluding hydrogens is 553 g/mol. The van der Waals surface area contributed by atoms with Crippen LogP contribution >= 0.6 is 11.8 Å². The molecule has 1 aliphatic heterocycles. The van der Waals surface area contributed by atoms with Crippen LogP contribution in [0.4, 0.5) is 23.7 Å². The van der Waals surface area contributed by atoms with Crippen molar-refractivity contribution in [2.24, 2.45) is 4.99 Å². The highest BCUT2D eigenvalue weighted by Crippen LogP contribution is 2.29. The number of para-hydroxylation sites is 1. The van der Waals surface area contributed by atoms with Gasteiger partial charge in [0.25, 0.3) is 0 Å². The van der Waals surface area contributed by atoms with E-state index in [1.165, 1.54) is 40.8 Å². The number of aryl methyl sites for hydroxylation is 1. The molecule has 0 spiro atoms. The summed E-state index contributed by atoms with van der Waals surface area (Å²) >= 11 is 1.56. The number of rotatable bonds is 7. The highest BCUT2D eigenvalue weighted by molar-refractivity contribution is 8.14. The number of nitrogens with one attached hydrogen (secondary N) is 1. The molecule has 0 aliphatic carbocycles. The van der Waals surface area contributed by atoms with Gasteiger partial charge in [0.1, 0.15) is 12.1 Å². The van der Waals surface area contributed by atoms with Crippen LogP contribution in [0.1, 0.15) is 18.1 Å². The number of halogens is 3. The Morgan fingerprint density at radius 3 is 2.59 bits per heavy atom. The molecule has 1 N–H and O–H groups in total. The Kier molecular flexibility index (Phi) is 8.39. The molecule has 0 saturated carbocycles. The number of anilines is 1. The van der Waals surface area contributed by atoms with E-state index in [1.54, 1.807) is 24.0 Å². The van der Waals surface area contributed by atoms with E-state index in [4.69, 9.17) is 0 Å². The number of thioether (sulfide) groups is 1. The Morgan fingerprint density at radius 1 is 1.10 bits per heavy atom. The average Bonchev–Trinajstić information content (AvgIpc) is 3.63. The van der Waals surface area contributed by atoms with Crippen LogP contribution in [0.25, 0.3) is 23.2 Å². The lowest BCUT2D eigenvalue weighted by Crippen LogP contribution is -2.27. The molecule has 2 heterocycles. The largest absolute Gasteiger partial charge is 0.573 e. The van der Waals surface area contributed by atoms with Crippen LogP contribution in [0.15, 0.2) is 90.3 Å². The number of hydrogen-bond donors (Lipinski definition) is 1. The third-order valence-electron chi connectivity index (χ3n) is 6.12. The van der Waals surface area contributed by atoms with Gasteiger partial charge in [-0.2, -0.15) is 4.99 Å². The Balaban J connectivity index is 1.18. The number of aromatic nitrogens is 3. The highest BCUT2D eigenvalue weighted by atomic mass is 32.2. The predicted octanol–water partition coefficient (Wildman–Crippen LogP) is 6.69. The van der Waals surface area contributed by atoms with Crippen molar-refractivity contribution in [2.75, 3.05) is 17.2 Å². The summed E-state index contributed by atoms with van der Waals surface area (Å²) in [6.45, 7) is 2.90. The third kappa shape index (κ3) is 7.14. The van der Waals surface area contributed by atoms with Crippen molar-refractivity contribution in [3.05, 3.63) is 96.5 Å². The van der Waals surface area contributed by atoms with Crippen molar-refractivity contribution in [1.29, 1.82) is 0 Å². The molecule has 0 atom stereocenters. The number of hydrogen-bond acceptors (Lipinski definition) is 5. The summed E-state index contributed by atoms with van der Waals surface area (Å²) in [5.41, 5.74) is 4.41. The summed E-state index contributed by atoms with van der Waals surface area (Å²) in [6.07, 6.45) is 0.925. The van der Waals surface area contributed by atoms with Crippen LogP contribution in [-0.4, -0.2) is 44.6 Å². The average molecular weight is 579 g/mol. The van der Waals surface area contributed by atoms with E-state index in [1.807, 2.05) is 36.4 Å². The standard InChI is InChI=1S/C29H25F3N6O2S/c1-2-21-5-3-4-6-25(21)37-17-18-41-28(37)35-27(39)33-16-15-20-7-9-22(10-8-20)26-34-19-38(36-26)23-11-13-24(14-12-23)40-29(30,31)32/h3-16,19H,2,17-18H2,1H3,(H,33,39)/b16-15+,35-28-. The summed E-state index contributed by atoms with van der Waals surface area (Å²) in [7, 11) is 0. The minimum absolute atomic E-state index is 0.314. The quantitative estimate of drug-likeness (QED) is 0.263. The summed E-state index contributed by atoms with van der Waals surface area (Å²) in [5.74, 6) is 0.998. The highest BCUT2D eigenvalue weighted by Gasteiger charge is 2.31. The van der Waals surface area contributed by atoms with Gasteiger partial charge in [0.15, 0.2) is 11.0 Å². The van der Waals surface area contributed by atoms with Crippen LogP contribution in [0, 0.1) is 0 Å². The zero-order chi connectivity index (χ0) is 28.8. The molecule has 2 amide bonds. The summed E-state index contributed by atoms with van der Waals surface area (Å²) in [5, 5.41) is 7.78. The second-order valence-corrected chi connectivity index (χ2v) is 9.90. The van der Waals surface area contributed by atoms with Crippen molar-refractivity contribution in [1.82, 2.24) is 20.1 Å². The van der Waals surface area contributed by atoms with Gasteiger partial charge in [0, 0.05) is 29.7 Å². The Bertz CT molecular complexity index is 1570. The molecule has 1 aromatic heterocycles. The number of nitrogens with zero attached hydrogens (tertiary/aromatic N) is 5. The Morgan fingerprint density at radius 2 is 1.85 bits per heavy atom.